The SMILES string of the molecule is OC1C=COC2COC3(CCCCC3)OC12. The summed E-state index contributed by atoms with van der Waals surface area (Å²) in [5.74, 6) is -0.449. The molecule has 4 nitrogen and oxygen atoms in total. The Labute approximate surface area is 95.2 Å². The first-order valence-electron chi connectivity index (χ1n) is 6.11. The molecule has 1 N–H and O–H groups in total. The Kier molecular flexibility index (Phi) is 2.65. The van der Waals surface area contributed by atoms with Crippen molar-refractivity contribution in [3.8, 4) is 0 Å². The topological polar surface area (TPSA) is 47.9 Å². The molecule has 0 bridgehead atoms. The fourth-order valence-electron chi connectivity index (χ4n) is 2.78. The molecule has 2 aliphatic heterocycles. The summed E-state index contributed by atoms with van der Waals surface area (Å²) in [5, 5.41) is 9.87. The second-order valence-electron chi connectivity index (χ2n) is 4.86. The van der Waals surface area contributed by atoms with E-state index in [1.54, 1.807) is 6.08 Å². The van der Waals surface area contributed by atoms with Gasteiger partial charge in [-0.3, -0.25) is 0 Å². The van der Waals surface area contributed by atoms with Crippen LogP contribution in [0.4, 0.5) is 0 Å². The molecule has 1 aliphatic carbocycles. The van der Waals surface area contributed by atoms with Gasteiger partial charge in [-0.15, -0.1) is 0 Å². The lowest BCUT2D eigenvalue weighted by Crippen LogP contribution is -2.57. The summed E-state index contributed by atoms with van der Waals surface area (Å²) < 4.78 is 17.2. The van der Waals surface area contributed by atoms with Crippen molar-refractivity contribution in [2.75, 3.05) is 6.61 Å². The van der Waals surface area contributed by atoms with Gasteiger partial charge in [-0.05, 0) is 18.9 Å². The zero-order chi connectivity index (χ0) is 11.0. The van der Waals surface area contributed by atoms with Crippen LogP contribution in [0.15, 0.2) is 12.3 Å². The lowest BCUT2D eigenvalue weighted by Gasteiger charge is -2.47. The lowest BCUT2D eigenvalue weighted by atomic mass is 9.92. The largest absolute Gasteiger partial charge is 0.493 e. The highest BCUT2D eigenvalue weighted by Gasteiger charge is 2.47. The highest BCUT2D eigenvalue weighted by Crippen LogP contribution is 2.39. The third-order valence-electron chi connectivity index (χ3n) is 3.71. The maximum absolute atomic E-state index is 9.87. The van der Waals surface area contributed by atoms with Crippen molar-refractivity contribution >= 4 is 0 Å². The van der Waals surface area contributed by atoms with Gasteiger partial charge in [-0.1, -0.05) is 6.42 Å². The molecular formula is C12H18O4. The van der Waals surface area contributed by atoms with Gasteiger partial charge in [0.15, 0.2) is 11.9 Å². The van der Waals surface area contributed by atoms with E-state index in [1.165, 1.54) is 12.7 Å². The molecule has 3 unspecified atom stereocenters. The first-order chi connectivity index (χ1) is 7.79. The van der Waals surface area contributed by atoms with Gasteiger partial charge >= 0.3 is 0 Å². The van der Waals surface area contributed by atoms with Crippen LogP contribution in [-0.4, -0.2) is 35.8 Å². The predicted octanol–water partition coefficient (Wildman–Crippen LogP) is 1.34. The van der Waals surface area contributed by atoms with Crippen LogP contribution in [0.25, 0.3) is 0 Å². The molecule has 0 amide bonds. The smallest absolute Gasteiger partial charge is 0.169 e. The first-order valence-corrected chi connectivity index (χ1v) is 6.11. The van der Waals surface area contributed by atoms with Gasteiger partial charge in [0.1, 0.15) is 12.2 Å². The standard InChI is InChI=1S/C12H18O4/c13-9-4-7-14-10-8-15-12(16-11(9)10)5-2-1-3-6-12/h4,7,9-11,13H,1-3,5-6,8H2. The number of aliphatic hydroxyl groups excluding tert-OH is 1. The molecular weight excluding hydrogens is 208 g/mol. The van der Waals surface area contributed by atoms with Gasteiger partial charge in [0, 0.05) is 12.8 Å². The minimum absolute atomic E-state index is 0.160. The van der Waals surface area contributed by atoms with E-state index >= 15 is 0 Å². The van der Waals surface area contributed by atoms with Crippen molar-refractivity contribution < 1.29 is 19.3 Å². The number of ether oxygens (including phenoxy) is 3. The monoisotopic (exact) mass is 226 g/mol. The van der Waals surface area contributed by atoms with E-state index < -0.39 is 11.9 Å². The Morgan fingerprint density at radius 1 is 1.19 bits per heavy atom. The second-order valence-corrected chi connectivity index (χ2v) is 4.86. The van der Waals surface area contributed by atoms with Crippen LogP contribution in [0.1, 0.15) is 32.1 Å². The average molecular weight is 226 g/mol. The molecule has 3 atom stereocenters. The van der Waals surface area contributed by atoms with Crippen molar-refractivity contribution in [3.05, 3.63) is 12.3 Å². The summed E-state index contributed by atoms with van der Waals surface area (Å²) in [6, 6.07) is 0. The Morgan fingerprint density at radius 3 is 2.81 bits per heavy atom. The van der Waals surface area contributed by atoms with Gasteiger partial charge in [0.05, 0.1) is 12.9 Å². The van der Waals surface area contributed by atoms with Crippen molar-refractivity contribution in [3.63, 3.8) is 0 Å². The first kappa shape index (κ1) is 10.6. The molecule has 1 saturated heterocycles. The number of rotatable bonds is 0. The zero-order valence-corrected chi connectivity index (χ0v) is 9.30. The number of fused-ring (bicyclic) bond motifs is 1. The molecule has 4 heteroatoms. The Hall–Kier alpha value is -0.580. The molecule has 2 fully saturated rings. The van der Waals surface area contributed by atoms with Crippen LogP contribution >= 0.6 is 0 Å². The van der Waals surface area contributed by atoms with E-state index in [-0.39, 0.29) is 12.2 Å². The molecule has 0 aromatic rings. The fraction of sp³-hybridized carbons (Fsp3) is 0.833. The quantitative estimate of drug-likeness (QED) is 0.677. The molecule has 1 spiro atoms. The molecule has 16 heavy (non-hydrogen) atoms. The minimum atomic E-state index is -0.568. The second kappa shape index (κ2) is 4.02. The summed E-state index contributed by atoms with van der Waals surface area (Å²) in [6.45, 7) is 0.520. The normalized spacial score (nSPS) is 41.4. The Balaban J connectivity index is 1.75. The summed E-state index contributed by atoms with van der Waals surface area (Å²) in [7, 11) is 0. The van der Waals surface area contributed by atoms with Gasteiger partial charge in [0.2, 0.25) is 0 Å². The van der Waals surface area contributed by atoms with E-state index in [0.717, 1.165) is 25.7 Å². The maximum Gasteiger partial charge on any atom is 0.169 e. The molecule has 3 rings (SSSR count). The molecule has 0 radical (unpaired) electrons. The number of aliphatic hydroxyl groups is 1. The van der Waals surface area contributed by atoms with E-state index in [4.69, 9.17) is 14.2 Å². The number of hydrogen-bond donors (Lipinski definition) is 1. The fourth-order valence-corrected chi connectivity index (χ4v) is 2.78. The van der Waals surface area contributed by atoms with E-state index in [1.807, 2.05) is 0 Å². The van der Waals surface area contributed by atoms with Crippen molar-refractivity contribution in [2.24, 2.45) is 0 Å². The van der Waals surface area contributed by atoms with E-state index in [9.17, 15) is 5.11 Å². The Bertz CT molecular complexity index is 283. The van der Waals surface area contributed by atoms with Crippen LogP contribution in [0.3, 0.4) is 0 Å². The van der Waals surface area contributed by atoms with Gasteiger partial charge in [0.25, 0.3) is 0 Å². The van der Waals surface area contributed by atoms with E-state index in [0.29, 0.717) is 6.61 Å². The molecule has 2 heterocycles. The number of hydrogen-bond acceptors (Lipinski definition) is 4. The third-order valence-corrected chi connectivity index (χ3v) is 3.71. The third kappa shape index (κ3) is 1.75. The zero-order valence-electron chi connectivity index (χ0n) is 9.30. The van der Waals surface area contributed by atoms with E-state index in [2.05, 4.69) is 0 Å². The van der Waals surface area contributed by atoms with Gasteiger partial charge in [-0.2, -0.15) is 0 Å². The maximum atomic E-state index is 9.87. The summed E-state index contributed by atoms with van der Waals surface area (Å²) in [6.07, 6.45) is 7.60. The summed E-state index contributed by atoms with van der Waals surface area (Å²) >= 11 is 0. The average Bonchev–Trinajstić information content (AvgIpc) is 2.32. The van der Waals surface area contributed by atoms with Crippen LogP contribution in [0.2, 0.25) is 0 Å². The van der Waals surface area contributed by atoms with Crippen LogP contribution in [0.5, 0.6) is 0 Å². The van der Waals surface area contributed by atoms with Gasteiger partial charge < -0.3 is 19.3 Å². The summed E-state index contributed by atoms with van der Waals surface area (Å²) in [4.78, 5) is 0. The minimum Gasteiger partial charge on any atom is -0.493 e. The van der Waals surface area contributed by atoms with Gasteiger partial charge in [-0.25, -0.2) is 0 Å². The molecule has 90 valence electrons. The lowest BCUT2D eigenvalue weighted by molar-refractivity contribution is -0.343. The van der Waals surface area contributed by atoms with Crippen molar-refractivity contribution in [2.45, 2.75) is 56.2 Å². The van der Waals surface area contributed by atoms with Crippen LogP contribution < -0.4 is 0 Å². The Morgan fingerprint density at radius 2 is 2.00 bits per heavy atom. The molecule has 3 aliphatic rings. The van der Waals surface area contributed by atoms with Crippen molar-refractivity contribution in [1.29, 1.82) is 0 Å². The summed E-state index contributed by atoms with van der Waals surface area (Å²) in [5.41, 5.74) is 0. The highest BCUT2D eigenvalue weighted by molar-refractivity contribution is 5.00. The van der Waals surface area contributed by atoms with Crippen molar-refractivity contribution in [1.82, 2.24) is 0 Å². The van der Waals surface area contributed by atoms with Crippen LogP contribution in [0, 0.1) is 0 Å². The molecule has 0 aromatic carbocycles. The predicted molar refractivity (Wildman–Crippen MR) is 56.7 cm³/mol. The molecule has 1 saturated carbocycles. The highest BCUT2D eigenvalue weighted by atomic mass is 16.7. The van der Waals surface area contributed by atoms with Crippen LogP contribution in [-0.2, 0) is 14.2 Å². The molecule has 0 aromatic heterocycles.